The summed E-state index contributed by atoms with van der Waals surface area (Å²) < 4.78 is 82.2. The topological polar surface area (TPSA) is 62.0 Å². The second-order valence-electron chi connectivity index (χ2n) is 7.05. The third kappa shape index (κ3) is 4.42. The van der Waals surface area contributed by atoms with Crippen LogP contribution >= 0.6 is 0 Å². The Hall–Kier alpha value is -3.30. The summed E-state index contributed by atoms with van der Waals surface area (Å²) in [5.74, 6) is -5.34. The molecule has 164 valence electrons. The molecule has 0 aliphatic carbocycles. The van der Waals surface area contributed by atoms with E-state index in [1.54, 1.807) is 0 Å². The summed E-state index contributed by atoms with van der Waals surface area (Å²) in [5.41, 5.74) is -3.80. The van der Waals surface area contributed by atoms with Crippen LogP contribution in [0.3, 0.4) is 0 Å². The van der Waals surface area contributed by atoms with Crippen LogP contribution in [0.5, 0.6) is 0 Å². The van der Waals surface area contributed by atoms with E-state index < -0.39 is 63.6 Å². The van der Waals surface area contributed by atoms with Gasteiger partial charge >= 0.3 is 6.18 Å². The summed E-state index contributed by atoms with van der Waals surface area (Å²) in [6, 6.07) is 4.15. The number of pyridine rings is 1. The fourth-order valence-electron chi connectivity index (χ4n) is 3.40. The minimum atomic E-state index is -5.06. The van der Waals surface area contributed by atoms with Crippen molar-refractivity contribution in [2.75, 3.05) is 0 Å². The van der Waals surface area contributed by atoms with Gasteiger partial charge in [0.1, 0.15) is 17.5 Å². The second-order valence-corrected chi connectivity index (χ2v) is 7.05. The highest BCUT2D eigenvalue weighted by Crippen LogP contribution is 2.38. The summed E-state index contributed by atoms with van der Waals surface area (Å²) in [6.45, 7) is 2.43. The van der Waals surface area contributed by atoms with Gasteiger partial charge in [0.25, 0.3) is 5.56 Å². The van der Waals surface area contributed by atoms with E-state index in [9.17, 15) is 35.9 Å². The maximum Gasteiger partial charge on any atom is 0.417 e. The lowest BCUT2D eigenvalue weighted by Gasteiger charge is -2.21. The summed E-state index contributed by atoms with van der Waals surface area (Å²) >= 11 is 0. The van der Waals surface area contributed by atoms with Gasteiger partial charge in [0, 0.05) is 28.1 Å². The third-order valence-electron chi connectivity index (χ3n) is 4.91. The number of fused-ring (bicyclic) bond motifs is 1. The van der Waals surface area contributed by atoms with Crippen molar-refractivity contribution in [3.05, 3.63) is 80.9 Å². The van der Waals surface area contributed by atoms with Crippen molar-refractivity contribution in [1.82, 2.24) is 10.3 Å². The molecule has 1 aromatic heterocycles. The highest BCUT2D eigenvalue weighted by Gasteiger charge is 2.40. The first-order chi connectivity index (χ1) is 14.4. The van der Waals surface area contributed by atoms with Gasteiger partial charge in [-0.1, -0.05) is 6.07 Å². The zero-order chi connectivity index (χ0) is 23.1. The van der Waals surface area contributed by atoms with Crippen molar-refractivity contribution in [3.63, 3.8) is 0 Å². The number of rotatable bonds is 4. The number of benzene rings is 2. The molecule has 0 aliphatic heterocycles. The van der Waals surface area contributed by atoms with E-state index in [4.69, 9.17) is 0 Å². The van der Waals surface area contributed by atoms with Crippen LogP contribution in [0, 0.1) is 17.5 Å². The number of carbonyl (C=O) groups is 1. The summed E-state index contributed by atoms with van der Waals surface area (Å²) in [5, 5.41) is 1.73. The van der Waals surface area contributed by atoms with E-state index in [-0.39, 0.29) is 11.1 Å². The number of aromatic amines is 1. The zero-order valence-corrected chi connectivity index (χ0v) is 16.2. The van der Waals surface area contributed by atoms with Crippen molar-refractivity contribution >= 4 is 16.8 Å². The van der Waals surface area contributed by atoms with Crippen molar-refractivity contribution < 1.29 is 31.1 Å². The molecule has 3 rings (SSSR count). The number of nitrogens with one attached hydrogen (secondary N) is 2. The Balaban J connectivity index is 2.05. The minimum Gasteiger partial charge on any atom is -0.349 e. The molecule has 4 nitrogen and oxygen atoms in total. The average Bonchev–Trinajstić information content (AvgIpc) is 2.65. The van der Waals surface area contributed by atoms with Crippen molar-refractivity contribution in [2.24, 2.45) is 0 Å². The van der Waals surface area contributed by atoms with Gasteiger partial charge in [-0.05, 0) is 38.1 Å². The smallest absolute Gasteiger partial charge is 0.349 e. The van der Waals surface area contributed by atoms with Gasteiger partial charge in [0.15, 0.2) is 0 Å². The monoisotopic (exact) mass is 442 g/mol. The van der Waals surface area contributed by atoms with Gasteiger partial charge < -0.3 is 10.3 Å². The predicted molar refractivity (Wildman–Crippen MR) is 101 cm³/mol. The maximum atomic E-state index is 13.9. The molecule has 0 saturated heterocycles. The van der Waals surface area contributed by atoms with Crippen LogP contribution in [0.1, 0.15) is 42.5 Å². The average molecular weight is 442 g/mol. The number of carbonyl (C=O) groups excluding carboxylic acids is 1. The number of alkyl halides is 3. The molecule has 0 spiro atoms. The molecule has 3 aromatic rings. The quantitative estimate of drug-likeness (QED) is 0.562. The van der Waals surface area contributed by atoms with Crippen molar-refractivity contribution in [3.8, 4) is 0 Å². The van der Waals surface area contributed by atoms with Crippen LogP contribution in [0.15, 0.2) is 41.2 Å². The van der Waals surface area contributed by atoms with Crippen LogP contribution in [0.25, 0.3) is 10.9 Å². The predicted octanol–water partition coefficient (Wildman–Crippen LogP) is 4.95. The standard InChI is InChI=1S/C21H16F6N2O2/c1-9(19(30)28-10(2)13-5-3-12(23)8-15(13)24)17-18(21(25,26)27)14-7-11(22)4-6-16(14)29-20(17)31/h3-10H,1-2H3,(H,28,30)(H,29,31)/t9-,10-/m0/s1. The number of aromatic nitrogens is 1. The molecule has 2 atom stereocenters. The molecule has 1 heterocycles. The SMILES string of the molecule is C[C@H](NC(=O)[C@@H](C)c1c(C(F)(F)F)c2cc(F)ccc2[nH]c1=O)c1ccc(F)cc1F. The van der Waals surface area contributed by atoms with Gasteiger partial charge in [0.2, 0.25) is 5.91 Å². The largest absolute Gasteiger partial charge is 0.417 e. The van der Waals surface area contributed by atoms with Gasteiger partial charge in [-0.3, -0.25) is 9.59 Å². The highest BCUT2D eigenvalue weighted by atomic mass is 19.4. The summed E-state index contributed by atoms with van der Waals surface area (Å²) in [4.78, 5) is 27.3. The Morgan fingerprint density at radius 1 is 1.00 bits per heavy atom. The summed E-state index contributed by atoms with van der Waals surface area (Å²) in [7, 11) is 0. The van der Waals surface area contributed by atoms with Gasteiger partial charge in [-0.15, -0.1) is 0 Å². The lowest BCUT2D eigenvalue weighted by molar-refractivity contribution is -0.137. The fourth-order valence-corrected chi connectivity index (χ4v) is 3.40. The van der Waals surface area contributed by atoms with E-state index in [1.165, 1.54) is 6.92 Å². The van der Waals surface area contributed by atoms with Crippen molar-refractivity contribution in [1.29, 1.82) is 0 Å². The lowest BCUT2D eigenvalue weighted by Crippen LogP contribution is -2.35. The van der Waals surface area contributed by atoms with E-state index >= 15 is 0 Å². The number of halogens is 6. The van der Waals surface area contributed by atoms with Gasteiger partial charge in [-0.25, -0.2) is 13.2 Å². The van der Waals surface area contributed by atoms with E-state index in [1.807, 2.05) is 0 Å². The molecule has 0 fully saturated rings. The van der Waals surface area contributed by atoms with Crippen LogP contribution in [0.4, 0.5) is 26.3 Å². The third-order valence-corrected chi connectivity index (χ3v) is 4.91. The second kappa shape index (κ2) is 8.09. The number of hydrogen-bond acceptors (Lipinski definition) is 2. The normalized spacial score (nSPS) is 13.8. The molecule has 1 amide bonds. The van der Waals surface area contributed by atoms with Crippen LogP contribution in [-0.2, 0) is 11.0 Å². The van der Waals surface area contributed by atoms with Crippen LogP contribution in [0.2, 0.25) is 0 Å². The highest BCUT2D eigenvalue weighted by molar-refractivity contribution is 5.89. The van der Waals surface area contributed by atoms with E-state index in [0.29, 0.717) is 12.1 Å². The first-order valence-corrected chi connectivity index (χ1v) is 9.08. The number of hydrogen-bond donors (Lipinski definition) is 2. The Kier molecular flexibility index (Phi) is 5.84. The molecule has 0 saturated carbocycles. The van der Waals surface area contributed by atoms with Gasteiger partial charge in [-0.2, -0.15) is 13.2 Å². The Bertz CT molecular complexity index is 1220. The fraction of sp³-hybridized carbons (Fsp3) is 0.238. The minimum absolute atomic E-state index is 0.0903. The van der Waals surface area contributed by atoms with Crippen LogP contribution < -0.4 is 10.9 Å². The molecule has 2 aromatic carbocycles. The number of amides is 1. The molecular weight excluding hydrogens is 426 g/mol. The first kappa shape index (κ1) is 22.4. The number of H-pyrrole nitrogens is 1. The van der Waals surface area contributed by atoms with E-state index in [0.717, 1.165) is 31.2 Å². The molecule has 0 radical (unpaired) electrons. The van der Waals surface area contributed by atoms with E-state index in [2.05, 4.69) is 10.3 Å². The van der Waals surface area contributed by atoms with Crippen molar-refractivity contribution in [2.45, 2.75) is 32.0 Å². The Labute approximate surface area is 171 Å². The maximum absolute atomic E-state index is 13.9. The molecule has 0 unspecified atom stereocenters. The molecule has 31 heavy (non-hydrogen) atoms. The summed E-state index contributed by atoms with van der Waals surface area (Å²) in [6.07, 6.45) is -5.06. The molecule has 10 heteroatoms. The lowest BCUT2D eigenvalue weighted by atomic mass is 9.92. The Morgan fingerprint density at radius 3 is 2.23 bits per heavy atom. The van der Waals surface area contributed by atoms with Crippen LogP contribution in [-0.4, -0.2) is 10.9 Å². The Morgan fingerprint density at radius 2 is 1.61 bits per heavy atom. The molecule has 0 aliphatic rings. The zero-order valence-electron chi connectivity index (χ0n) is 16.2. The van der Waals surface area contributed by atoms with Gasteiger partial charge in [0.05, 0.1) is 17.5 Å². The molecule has 0 bridgehead atoms. The molecule has 2 N–H and O–H groups in total. The molecular formula is C21H16F6N2O2. The first-order valence-electron chi connectivity index (χ1n) is 9.08.